The van der Waals surface area contributed by atoms with Crippen LogP contribution < -0.4 is 0 Å². The number of ether oxygens (including phenoxy) is 2. The van der Waals surface area contributed by atoms with Crippen molar-refractivity contribution in [2.24, 2.45) is 23.7 Å². The Labute approximate surface area is 114 Å². The third kappa shape index (κ3) is 1.54. The molecule has 4 unspecified atom stereocenters. The van der Waals surface area contributed by atoms with Gasteiger partial charge in [-0.1, -0.05) is 13.8 Å². The molecule has 5 rings (SSSR count). The summed E-state index contributed by atoms with van der Waals surface area (Å²) in [5.74, 6) is 1.53. The van der Waals surface area contributed by atoms with Crippen molar-refractivity contribution in [3.63, 3.8) is 0 Å². The van der Waals surface area contributed by atoms with E-state index in [9.17, 15) is 0 Å². The minimum absolute atomic E-state index is 0.248. The monoisotopic (exact) mass is 268 g/mol. The summed E-state index contributed by atoms with van der Waals surface area (Å²) in [4.78, 5) is 11.7. The van der Waals surface area contributed by atoms with Gasteiger partial charge in [0.15, 0.2) is 11.9 Å². The van der Waals surface area contributed by atoms with Gasteiger partial charge in [-0.05, 0) is 43.9 Å². The zero-order valence-electron chi connectivity index (χ0n) is 12.1. The van der Waals surface area contributed by atoms with Crippen LogP contribution in [0.5, 0.6) is 0 Å². The summed E-state index contributed by atoms with van der Waals surface area (Å²) in [6.07, 6.45) is 4.24. The first-order valence-electron chi connectivity index (χ1n) is 7.71. The van der Waals surface area contributed by atoms with Crippen LogP contribution in [-0.2, 0) is 19.2 Å². The van der Waals surface area contributed by atoms with Crippen molar-refractivity contribution >= 4 is 0 Å². The molecule has 108 valence electrons. The second-order valence-electron chi connectivity index (χ2n) is 7.22. The molecule has 1 saturated carbocycles. The Balaban J connectivity index is 1.81. The van der Waals surface area contributed by atoms with Gasteiger partial charge < -0.3 is 9.47 Å². The van der Waals surface area contributed by atoms with Crippen LogP contribution in [0.15, 0.2) is 0 Å². The second-order valence-corrected chi connectivity index (χ2v) is 7.22. The van der Waals surface area contributed by atoms with Gasteiger partial charge in [-0.25, -0.2) is 9.78 Å². The van der Waals surface area contributed by atoms with E-state index in [0.29, 0.717) is 23.7 Å². The minimum atomic E-state index is -0.627. The Bertz CT molecular complexity index is 386. The van der Waals surface area contributed by atoms with Gasteiger partial charge in [0.2, 0.25) is 5.79 Å². The predicted octanol–water partition coefficient (Wildman–Crippen LogP) is 2.87. The molecule has 0 aromatic carbocycles. The largest absolute Gasteiger partial charge is 0.349 e. The molecule has 5 fully saturated rings. The van der Waals surface area contributed by atoms with Crippen LogP contribution in [0.1, 0.15) is 46.5 Å². The lowest BCUT2D eigenvalue weighted by Crippen LogP contribution is -2.68. The van der Waals surface area contributed by atoms with E-state index in [2.05, 4.69) is 13.8 Å². The van der Waals surface area contributed by atoms with E-state index in [4.69, 9.17) is 19.2 Å². The summed E-state index contributed by atoms with van der Waals surface area (Å²) in [5.41, 5.74) is -0.370. The predicted molar refractivity (Wildman–Crippen MR) is 67.9 cm³/mol. The van der Waals surface area contributed by atoms with Crippen LogP contribution in [0.2, 0.25) is 0 Å². The number of rotatable bonds is 0. The maximum Gasteiger partial charge on any atom is 0.201 e. The van der Waals surface area contributed by atoms with Crippen molar-refractivity contribution in [1.29, 1.82) is 0 Å². The lowest BCUT2D eigenvalue weighted by Gasteiger charge is -2.58. The van der Waals surface area contributed by atoms with Gasteiger partial charge >= 0.3 is 0 Å². The molecule has 0 radical (unpaired) electrons. The fourth-order valence-electron chi connectivity index (χ4n) is 4.88. The summed E-state index contributed by atoms with van der Waals surface area (Å²) in [5, 5.41) is 0. The molecule has 7 atom stereocenters. The highest BCUT2D eigenvalue weighted by Gasteiger charge is 2.67. The lowest BCUT2D eigenvalue weighted by atomic mass is 9.58. The number of hydrogen-bond donors (Lipinski definition) is 0. The zero-order chi connectivity index (χ0) is 13.3. The minimum Gasteiger partial charge on any atom is -0.349 e. The third-order valence-corrected chi connectivity index (χ3v) is 5.97. The Kier molecular flexibility index (Phi) is 2.61. The Morgan fingerprint density at radius 2 is 1.74 bits per heavy atom. The molecular formula is C15H24O4. The van der Waals surface area contributed by atoms with Crippen LogP contribution in [0.4, 0.5) is 0 Å². The van der Waals surface area contributed by atoms with E-state index in [0.717, 1.165) is 19.4 Å². The molecule has 0 N–H and O–H groups in total. The van der Waals surface area contributed by atoms with Crippen LogP contribution in [-0.4, -0.2) is 24.3 Å². The lowest BCUT2D eigenvalue weighted by molar-refractivity contribution is -0.566. The summed E-state index contributed by atoms with van der Waals surface area (Å²) >= 11 is 0. The van der Waals surface area contributed by atoms with E-state index in [1.165, 1.54) is 12.8 Å². The zero-order valence-corrected chi connectivity index (χ0v) is 12.1. The molecule has 2 bridgehead atoms. The average molecular weight is 268 g/mol. The molecule has 4 saturated heterocycles. The molecule has 4 aliphatic heterocycles. The molecule has 0 aromatic rings. The van der Waals surface area contributed by atoms with E-state index in [1.807, 2.05) is 6.92 Å². The van der Waals surface area contributed by atoms with E-state index < -0.39 is 5.79 Å². The molecule has 0 aromatic heterocycles. The molecule has 5 aliphatic rings. The Hall–Kier alpha value is -0.160. The topological polar surface area (TPSA) is 36.9 Å². The quantitative estimate of drug-likeness (QED) is 0.633. The van der Waals surface area contributed by atoms with Crippen molar-refractivity contribution in [3.05, 3.63) is 0 Å². The highest BCUT2D eigenvalue weighted by Crippen LogP contribution is 2.59. The first-order valence-corrected chi connectivity index (χ1v) is 7.71. The van der Waals surface area contributed by atoms with Gasteiger partial charge in [-0.15, -0.1) is 0 Å². The van der Waals surface area contributed by atoms with Gasteiger partial charge in [0.05, 0.1) is 6.61 Å². The molecule has 1 aliphatic carbocycles. The van der Waals surface area contributed by atoms with Gasteiger partial charge in [0.25, 0.3) is 0 Å². The van der Waals surface area contributed by atoms with Crippen LogP contribution >= 0.6 is 0 Å². The molecule has 4 heteroatoms. The van der Waals surface area contributed by atoms with Crippen molar-refractivity contribution in [3.8, 4) is 0 Å². The Morgan fingerprint density at radius 3 is 2.58 bits per heavy atom. The smallest absolute Gasteiger partial charge is 0.201 e. The van der Waals surface area contributed by atoms with E-state index in [-0.39, 0.29) is 11.9 Å². The maximum atomic E-state index is 6.16. The van der Waals surface area contributed by atoms with Gasteiger partial charge in [0, 0.05) is 12.3 Å². The summed E-state index contributed by atoms with van der Waals surface area (Å²) in [6, 6.07) is 0. The van der Waals surface area contributed by atoms with Crippen molar-refractivity contribution < 1.29 is 19.2 Å². The average Bonchev–Trinajstić information content (AvgIpc) is 2.61. The summed E-state index contributed by atoms with van der Waals surface area (Å²) in [6.45, 7) is 7.36. The van der Waals surface area contributed by atoms with Crippen LogP contribution in [0.3, 0.4) is 0 Å². The highest BCUT2D eigenvalue weighted by atomic mass is 17.3. The maximum absolute atomic E-state index is 6.16. The van der Waals surface area contributed by atoms with Crippen molar-refractivity contribution in [2.45, 2.75) is 64.1 Å². The van der Waals surface area contributed by atoms with Crippen LogP contribution in [0.25, 0.3) is 0 Å². The third-order valence-electron chi connectivity index (χ3n) is 5.97. The summed E-state index contributed by atoms with van der Waals surface area (Å²) < 4.78 is 12.2. The molecule has 4 heterocycles. The highest BCUT2D eigenvalue weighted by molar-refractivity contribution is 5.08. The molecule has 1 spiro atoms. The molecule has 19 heavy (non-hydrogen) atoms. The normalized spacial score (nSPS) is 60.5. The standard InChI is InChI=1S/C15H24O4/c1-9-4-5-11-10(2)8-16-13-15(11)12(9)6-7-14(3,17-13)18-19-15/h9-13H,4-8H2,1-3H3/t9?,10-,11?,12?,13?,14+,15-/m0/s1. The van der Waals surface area contributed by atoms with Gasteiger partial charge in [-0.2, -0.15) is 0 Å². The van der Waals surface area contributed by atoms with Gasteiger partial charge in [-0.3, -0.25) is 0 Å². The summed E-state index contributed by atoms with van der Waals surface area (Å²) in [7, 11) is 0. The van der Waals surface area contributed by atoms with Crippen molar-refractivity contribution in [1.82, 2.24) is 0 Å². The molecule has 4 nitrogen and oxygen atoms in total. The van der Waals surface area contributed by atoms with Crippen LogP contribution in [0, 0.1) is 23.7 Å². The first-order chi connectivity index (χ1) is 9.05. The SMILES string of the molecule is CC1CCC2[C@@H](C)COC3O[C@@]4(C)CCC1[C@]32OO4. The number of hydrogen-bond acceptors (Lipinski definition) is 4. The fourth-order valence-corrected chi connectivity index (χ4v) is 4.88. The molecular weight excluding hydrogens is 244 g/mol. The molecule has 0 amide bonds. The van der Waals surface area contributed by atoms with Gasteiger partial charge in [0.1, 0.15) is 0 Å². The van der Waals surface area contributed by atoms with Crippen molar-refractivity contribution in [2.75, 3.05) is 6.61 Å². The fraction of sp³-hybridized carbons (Fsp3) is 1.00. The number of fused-ring (bicyclic) bond motifs is 2. The second kappa shape index (κ2) is 3.94. The van der Waals surface area contributed by atoms with E-state index >= 15 is 0 Å². The van der Waals surface area contributed by atoms with E-state index in [1.54, 1.807) is 0 Å². The first kappa shape index (κ1) is 12.6. The Morgan fingerprint density at radius 1 is 0.947 bits per heavy atom.